The molecular weight excluding hydrogens is 322 g/mol. The van der Waals surface area contributed by atoms with E-state index in [0.717, 1.165) is 6.26 Å². The van der Waals surface area contributed by atoms with Gasteiger partial charge in [-0.05, 0) is 18.2 Å². The Balaban J connectivity index is 2.52. The minimum atomic E-state index is -3.30. The van der Waals surface area contributed by atoms with Crippen LogP contribution in [-0.4, -0.2) is 44.9 Å². The van der Waals surface area contributed by atoms with E-state index in [1.807, 2.05) is 0 Å². The van der Waals surface area contributed by atoms with E-state index >= 15 is 0 Å². The standard InChI is InChI=1S/C11H14ClN3O5S/c1-21(19,20)14-5-4-13-11(18)15-7-2-3-9(12)8(6-7)10(16)17/h2-3,6,14H,4-5H2,1H3,(H,16,17)(H2,13,15,18). The van der Waals surface area contributed by atoms with Crippen LogP contribution in [0, 0.1) is 0 Å². The van der Waals surface area contributed by atoms with E-state index in [4.69, 9.17) is 16.7 Å². The van der Waals surface area contributed by atoms with Crippen LogP contribution in [0.4, 0.5) is 10.5 Å². The summed E-state index contributed by atoms with van der Waals surface area (Å²) in [6.07, 6.45) is 1.01. The van der Waals surface area contributed by atoms with Crippen molar-refractivity contribution in [2.75, 3.05) is 24.7 Å². The topological polar surface area (TPSA) is 125 Å². The fourth-order valence-corrected chi connectivity index (χ4v) is 2.03. The number of urea groups is 1. The maximum absolute atomic E-state index is 11.5. The smallest absolute Gasteiger partial charge is 0.337 e. The lowest BCUT2D eigenvalue weighted by molar-refractivity contribution is 0.0697. The normalized spacial score (nSPS) is 11.0. The Morgan fingerprint density at radius 2 is 1.95 bits per heavy atom. The molecular formula is C11H14ClN3O5S. The Hall–Kier alpha value is -1.84. The number of carbonyl (C=O) groups is 2. The number of hydrogen-bond acceptors (Lipinski definition) is 4. The van der Waals surface area contributed by atoms with Crippen molar-refractivity contribution in [3.63, 3.8) is 0 Å². The number of benzene rings is 1. The summed E-state index contributed by atoms with van der Waals surface area (Å²) in [7, 11) is -3.30. The molecule has 0 bridgehead atoms. The third-order valence-corrected chi connectivity index (χ3v) is 3.29. The fourth-order valence-electron chi connectivity index (χ4n) is 1.35. The van der Waals surface area contributed by atoms with Crippen LogP contribution in [0.2, 0.25) is 5.02 Å². The number of hydrogen-bond donors (Lipinski definition) is 4. The molecule has 2 amide bonds. The van der Waals surface area contributed by atoms with Crippen molar-refractivity contribution in [1.82, 2.24) is 10.0 Å². The first kappa shape index (κ1) is 17.2. The molecule has 116 valence electrons. The highest BCUT2D eigenvalue weighted by Crippen LogP contribution is 2.20. The second-order valence-corrected chi connectivity index (χ2v) is 6.29. The van der Waals surface area contributed by atoms with Crippen molar-refractivity contribution in [1.29, 1.82) is 0 Å². The maximum Gasteiger partial charge on any atom is 0.337 e. The van der Waals surface area contributed by atoms with Crippen molar-refractivity contribution in [3.8, 4) is 0 Å². The minimum absolute atomic E-state index is 0.0489. The molecule has 0 heterocycles. The van der Waals surface area contributed by atoms with Gasteiger partial charge in [-0.25, -0.2) is 22.7 Å². The van der Waals surface area contributed by atoms with Gasteiger partial charge in [0.05, 0.1) is 16.8 Å². The molecule has 0 unspecified atom stereocenters. The number of amides is 2. The maximum atomic E-state index is 11.5. The first-order chi connectivity index (χ1) is 9.69. The molecule has 21 heavy (non-hydrogen) atoms. The molecule has 0 aromatic heterocycles. The van der Waals surface area contributed by atoms with Crippen molar-refractivity contribution < 1.29 is 23.1 Å². The molecule has 1 aromatic carbocycles. The third-order valence-electron chi connectivity index (χ3n) is 2.23. The number of carboxylic acids is 1. The van der Waals surface area contributed by atoms with Gasteiger partial charge in [0.1, 0.15) is 0 Å². The van der Waals surface area contributed by atoms with Crippen LogP contribution in [0.15, 0.2) is 18.2 Å². The number of aromatic carboxylic acids is 1. The van der Waals surface area contributed by atoms with Crippen LogP contribution in [0.5, 0.6) is 0 Å². The minimum Gasteiger partial charge on any atom is -0.478 e. The highest BCUT2D eigenvalue weighted by molar-refractivity contribution is 7.88. The zero-order chi connectivity index (χ0) is 16.0. The van der Waals surface area contributed by atoms with Gasteiger partial charge in [0.15, 0.2) is 0 Å². The lowest BCUT2D eigenvalue weighted by Gasteiger charge is -2.09. The summed E-state index contributed by atoms with van der Waals surface area (Å²) in [5, 5.41) is 13.8. The molecule has 0 saturated heterocycles. The first-order valence-corrected chi connectivity index (χ1v) is 7.98. The van der Waals surface area contributed by atoms with Crippen LogP contribution in [0.3, 0.4) is 0 Å². The Morgan fingerprint density at radius 3 is 2.52 bits per heavy atom. The predicted octanol–water partition coefficient (Wildman–Crippen LogP) is 0.709. The van der Waals surface area contributed by atoms with Gasteiger partial charge in [0.2, 0.25) is 10.0 Å². The average molecular weight is 336 g/mol. The molecule has 0 aliphatic heterocycles. The van der Waals surface area contributed by atoms with Crippen molar-refractivity contribution in [3.05, 3.63) is 28.8 Å². The molecule has 0 aliphatic carbocycles. The molecule has 0 saturated carbocycles. The number of sulfonamides is 1. The molecule has 8 nitrogen and oxygen atoms in total. The highest BCUT2D eigenvalue weighted by Gasteiger charge is 2.10. The van der Waals surface area contributed by atoms with Gasteiger partial charge in [0.25, 0.3) is 0 Å². The zero-order valence-corrected chi connectivity index (χ0v) is 12.6. The van der Waals surface area contributed by atoms with E-state index < -0.39 is 22.0 Å². The SMILES string of the molecule is CS(=O)(=O)NCCNC(=O)Nc1ccc(Cl)c(C(=O)O)c1. The van der Waals surface area contributed by atoms with Gasteiger partial charge in [0, 0.05) is 18.8 Å². The Kier molecular flexibility index (Phi) is 5.94. The molecule has 1 rings (SSSR count). The number of carbonyl (C=O) groups excluding carboxylic acids is 1. The predicted molar refractivity (Wildman–Crippen MR) is 78.3 cm³/mol. The van der Waals surface area contributed by atoms with Gasteiger partial charge in [-0.3, -0.25) is 0 Å². The van der Waals surface area contributed by atoms with Gasteiger partial charge < -0.3 is 15.7 Å². The largest absolute Gasteiger partial charge is 0.478 e. The number of halogens is 1. The van der Waals surface area contributed by atoms with Gasteiger partial charge in [-0.15, -0.1) is 0 Å². The summed E-state index contributed by atoms with van der Waals surface area (Å²) in [6, 6.07) is 3.43. The quantitative estimate of drug-likeness (QED) is 0.570. The van der Waals surface area contributed by atoms with Crippen LogP contribution >= 0.6 is 11.6 Å². The lowest BCUT2D eigenvalue weighted by Crippen LogP contribution is -2.36. The van der Waals surface area contributed by atoms with Crippen molar-refractivity contribution >= 4 is 39.3 Å². The summed E-state index contributed by atoms with van der Waals surface area (Å²) in [5.41, 5.74) is 0.124. The average Bonchev–Trinajstić information content (AvgIpc) is 2.35. The fraction of sp³-hybridized carbons (Fsp3) is 0.273. The molecule has 0 aliphatic rings. The summed E-state index contributed by atoms with van der Waals surface area (Å²) < 4.78 is 23.8. The van der Waals surface area contributed by atoms with Crippen LogP contribution in [-0.2, 0) is 10.0 Å². The van der Waals surface area contributed by atoms with Crippen LogP contribution in [0.1, 0.15) is 10.4 Å². The molecule has 0 spiro atoms. The molecule has 4 N–H and O–H groups in total. The Bertz CT molecular complexity index is 647. The number of rotatable bonds is 6. The summed E-state index contributed by atoms with van der Waals surface area (Å²) in [6.45, 7) is 0.130. The second-order valence-electron chi connectivity index (χ2n) is 4.05. The van der Waals surface area contributed by atoms with E-state index in [1.54, 1.807) is 0 Å². The molecule has 1 aromatic rings. The summed E-state index contributed by atoms with van der Waals surface area (Å²) >= 11 is 5.70. The van der Waals surface area contributed by atoms with E-state index in [2.05, 4.69) is 15.4 Å². The molecule has 10 heteroatoms. The number of carboxylic acid groups (broad SMARTS) is 1. The van der Waals surface area contributed by atoms with Crippen LogP contribution in [0.25, 0.3) is 0 Å². The Labute approximate surface area is 126 Å². The monoisotopic (exact) mass is 335 g/mol. The van der Waals surface area contributed by atoms with E-state index in [-0.39, 0.29) is 29.4 Å². The van der Waals surface area contributed by atoms with Crippen molar-refractivity contribution in [2.24, 2.45) is 0 Å². The molecule has 0 radical (unpaired) electrons. The highest BCUT2D eigenvalue weighted by atomic mass is 35.5. The Morgan fingerprint density at radius 1 is 1.29 bits per heavy atom. The third kappa shape index (κ3) is 6.43. The lowest BCUT2D eigenvalue weighted by atomic mass is 10.2. The van der Waals surface area contributed by atoms with Gasteiger partial charge in [-0.2, -0.15) is 0 Å². The van der Waals surface area contributed by atoms with Crippen LogP contribution < -0.4 is 15.4 Å². The van der Waals surface area contributed by atoms with E-state index in [9.17, 15) is 18.0 Å². The second kappa shape index (κ2) is 7.25. The molecule has 0 atom stereocenters. The van der Waals surface area contributed by atoms with Gasteiger partial charge >= 0.3 is 12.0 Å². The summed E-state index contributed by atoms with van der Waals surface area (Å²) in [5.74, 6) is -1.21. The first-order valence-electron chi connectivity index (χ1n) is 5.71. The van der Waals surface area contributed by atoms with E-state index in [0.29, 0.717) is 0 Å². The zero-order valence-electron chi connectivity index (χ0n) is 11.0. The number of anilines is 1. The molecule has 0 fully saturated rings. The summed E-state index contributed by atoms with van der Waals surface area (Å²) in [4.78, 5) is 22.4. The number of nitrogens with one attached hydrogen (secondary N) is 3. The van der Waals surface area contributed by atoms with Crippen molar-refractivity contribution in [2.45, 2.75) is 0 Å². The van der Waals surface area contributed by atoms with Gasteiger partial charge in [-0.1, -0.05) is 11.6 Å². The van der Waals surface area contributed by atoms with E-state index in [1.165, 1.54) is 18.2 Å².